The van der Waals surface area contributed by atoms with E-state index in [4.69, 9.17) is 9.47 Å². The molecule has 24 heavy (non-hydrogen) atoms. The van der Waals surface area contributed by atoms with Gasteiger partial charge in [-0.2, -0.15) is 5.10 Å². The van der Waals surface area contributed by atoms with Crippen LogP contribution in [0.15, 0.2) is 22.6 Å². The number of nitrogens with zero attached hydrogens (tertiary/aromatic N) is 2. The largest absolute Gasteiger partial charge is 0.454 e. The fourth-order valence-corrected chi connectivity index (χ4v) is 3.03. The van der Waals surface area contributed by atoms with E-state index in [0.717, 1.165) is 10.4 Å². The van der Waals surface area contributed by atoms with Gasteiger partial charge in [-0.05, 0) is 25.5 Å². The normalized spacial score (nSPS) is 12.6. The summed E-state index contributed by atoms with van der Waals surface area (Å²) in [4.78, 5) is 23.7. The molecule has 0 bridgehead atoms. The first-order chi connectivity index (χ1) is 11.5. The summed E-state index contributed by atoms with van der Waals surface area (Å²) in [5.74, 6) is 0.349. The van der Waals surface area contributed by atoms with E-state index in [1.54, 1.807) is 5.38 Å². The lowest BCUT2D eigenvalue weighted by molar-refractivity contribution is -0.385. The Morgan fingerprint density at radius 1 is 1.38 bits per heavy atom. The summed E-state index contributed by atoms with van der Waals surface area (Å²) in [6, 6.07) is 2.73. The number of hydrazone groups is 1. The van der Waals surface area contributed by atoms with Crippen molar-refractivity contribution in [1.29, 1.82) is 0 Å². The average molecular weight is 347 g/mol. The van der Waals surface area contributed by atoms with Gasteiger partial charge in [-0.3, -0.25) is 14.9 Å². The number of aryl methyl sites for hydroxylation is 1. The molecular weight excluding hydrogens is 334 g/mol. The van der Waals surface area contributed by atoms with Crippen molar-refractivity contribution < 1.29 is 19.2 Å². The van der Waals surface area contributed by atoms with Crippen molar-refractivity contribution >= 4 is 29.1 Å². The van der Waals surface area contributed by atoms with Crippen LogP contribution in [0.5, 0.6) is 11.5 Å². The van der Waals surface area contributed by atoms with E-state index >= 15 is 0 Å². The lowest BCUT2D eigenvalue weighted by Gasteiger charge is -2.01. The van der Waals surface area contributed by atoms with Crippen LogP contribution in [0.4, 0.5) is 5.69 Å². The van der Waals surface area contributed by atoms with Gasteiger partial charge in [0.25, 0.3) is 11.6 Å². The molecular formula is C15H13N3O5S. The van der Waals surface area contributed by atoms with Crippen molar-refractivity contribution in [3.05, 3.63) is 49.2 Å². The number of carbonyl (C=O) groups excluding carboxylic acids is 1. The third-order valence-corrected chi connectivity index (χ3v) is 4.63. The molecule has 1 aliphatic rings. The maximum atomic E-state index is 12.1. The highest BCUT2D eigenvalue weighted by Crippen LogP contribution is 2.37. The molecule has 1 aromatic carbocycles. The van der Waals surface area contributed by atoms with Gasteiger partial charge in [0.2, 0.25) is 6.79 Å². The summed E-state index contributed by atoms with van der Waals surface area (Å²) < 4.78 is 10.3. The van der Waals surface area contributed by atoms with Gasteiger partial charge in [0, 0.05) is 10.3 Å². The Balaban J connectivity index is 1.80. The monoisotopic (exact) mass is 347 g/mol. The lowest BCUT2D eigenvalue weighted by atomic mass is 10.1. The topological polar surface area (TPSA) is 103 Å². The molecule has 1 amide bonds. The Bertz CT molecular complexity index is 859. The second-order valence-electron chi connectivity index (χ2n) is 5.05. The Hall–Kier alpha value is -2.94. The number of amides is 1. The minimum atomic E-state index is -0.544. The highest BCUT2D eigenvalue weighted by atomic mass is 32.1. The summed E-state index contributed by atoms with van der Waals surface area (Å²) in [6.07, 6.45) is 1.21. The molecule has 0 radical (unpaired) electrons. The Morgan fingerprint density at radius 2 is 2.08 bits per heavy atom. The molecule has 9 heteroatoms. The smallest absolute Gasteiger partial charge is 0.282 e. The van der Waals surface area contributed by atoms with Gasteiger partial charge >= 0.3 is 0 Å². The van der Waals surface area contributed by atoms with Gasteiger partial charge in [0.1, 0.15) is 0 Å². The first-order valence-electron chi connectivity index (χ1n) is 6.93. The molecule has 0 spiro atoms. The number of hydrogen-bond donors (Lipinski definition) is 1. The van der Waals surface area contributed by atoms with Crippen LogP contribution in [0, 0.1) is 24.0 Å². The maximum Gasteiger partial charge on any atom is 0.282 e. The first-order valence-corrected chi connectivity index (χ1v) is 7.81. The molecule has 0 unspecified atom stereocenters. The minimum absolute atomic E-state index is 0.0145. The quantitative estimate of drug-likeness (QED) is 0.520. The number of ether oxygens (including phenoxy) is 2. The van der Waals surface area contributed by atoms with Gasteiger partial charge in [-0.15, -0.1) is 11.3 Å². The van der Waals surface area contributed by atoms with Crippen LogP contribution in [0.2, 0.25) is 0 Å². The average Bonchev–Trinajstić information content (AvgIpc) is 3.13. The molecule has 2 heterocycles. The number of rotatable bonds is 4. The molecule has 0 atom stereocenters. The molecule has 8 nitrogen and oxygen atoms in total. The summed E-state index contributed by atoms with van der Waals surface area (Å²) >= 11 is 1.48. The van der Waals surface area contributed by atoms with Gasteiger partial charge in [-0.1, -0.05) is 0 Å². The van der Waals surface area contributed by atoms with Crippen molar-refractivity contribution in [2.45, 2.75) is 13.8 Å². The third-order valence-electron chi connectivity index (χ3n) is 3.62. The number of nitro benzene ring substituents is 1. The summed E-state index contributed by atoms with van der Waals surface area (Å²) in [6.45, 7) is 3.80. The van der Waals surface area contributed by atoms with Crippen LogP contribution in [0.25, 0.3) is 0 Å². The highest BCUT2D eigenvalue weighted by Gasteiger charge is 2.22. The molecule has 2 aromatic rings. The number of hydrogen-bond acceptors (Lipinski definition) is 7. The molecule has 3 rings (SSSR count). The lowest BCUT2D eigenvalue weighted by Crippen LogP contribution is -2.18. The van der Waals surface area contributed by atoms with Crippen LogP contribution in [0.3, 0.4) is 0 Å². The third kappa shape index (κ3) is 2.93. The van der Waals surface area contributed by atoms with E-state index in [-0.39, 0.29) is 24.0 Å². The maximum absolute atomic E-state index is 12.1. The second-order valence-corrected chi connectivity index (χ2v) is 6.13. The van der Waals surface area contributed by atoms with Crippen LogP contribution in [0.1, 0.15) is 26.4 Å². The minimum Gasteiger partial charge on any atom is -0.454 e. The number of nitrogens with one attached hydrogen (secondary N) is 1. The van der Waals surface area contributed by atoms with Crippen molar-refractivity contribution in [3.8, 4) is 11.5 Å². The van der Waals surface area contributed by atoms with Crippen molar-refractivity contribution in [2.24, 2.45) is 5.10 Å². The van der Waals surface area contributed by atoms with Crippen LogP contribution < -0.4 is 14.9 Å². The number of fused-ring (bicyclic) bond motifs is 1. The van der Waals surface area contributed by atoms with Crippen LogP contribution >= 0.6 is 11.3 Å². The zero-order valence-electron chi connectivity index (χ0n) is 12.9. The number of thiophene rings is 1. The van der Waals surface area contributed by atoms with E-state index in [1.165, 1.54) is 29.7 Å². The summed E-state index contributed by atoms with van der Waals surface area (Å²) in [5.41, 5.74) is 3.84. The van der Waals surface area contributed by atoms with Crippen molar-refractivity contribution in [3.63, 3.8) is 0 Å². The van der Waals surface area contributed by atoms with Gasteiger partial charge in [0.05, 0.1) is 28.3 Å². The van der Waals surface area contributed by atoms with Gasteiger partial charge < -0.3 is 9.47 Å². The zero-order chi connectivity index (χ0) is 17.3. The summed E-state index contributed by atoms with van der Waals surface area (Å²) in [5, 5.41) is 16.7. The molecule has 1 N–H and O–H groups in total. The van der Waals surface area contributed by atoms with E-state index < -0.39 is 4.92 Å². The zero-order valence-corrected chi connectivity index (χ0v) is 13.7. The highest BCUT2D eigenvalue weighted by molar-refractivity contribution is 7.10. The molecule has 0 saturated heterocycles. The van der Waals surface area contributed by atoms with Gasteiger partial charge in [0.15, 0.2) is 11.5 Å². The Labute approximate surface area is 140 Å². The fraction of sp³-hybridized carbons (Fsp3) is 0.200. The van der Waals surface area contributed by atoms with E-state index in [1.807, 2.05) is 13.8 Å². The van der Waals surface area contributed by atoms with Crippen LogP contribution in [-0.2, 0) is 0 Å². The molecule has 1 aromatic heterocycles. The predicted octanol–water partition coefficient (Wildman–Crippen LogP) is 2.77. The number of nitro groups is 1. The molecule has 124 valence electrons. The SMILES string of the molecule is Cc1scc(C(=O)N/N=C\c2cc3c(cc2[N+](=O)[O-])OCO3)c1C. The predicted molar refractivity (Wildman–Crippen MR) is 88.1 cm³/mol. The molecule has 1 aliphatic heterocycles. The number of benzene rings is 1. The van der Waals surface area contributed by atoms with Crippen molar-refractivity contribution in [2.75, 3.05) is 6.79 Å². The van der Waals surface area contributed by atoms with E-state index in [9.17, 15) is 14.9 Å². The first kappa shape index (κ1) is 15.9. The van der Waals surface area contributed by atoms with Crippen molar-refractivity contribution in [1.82, 2.24) is 5.43 Å². The standard InChI is InChI=1S/C15H13N3O5S/c1-8-9(2)24-6-11(8)15(19)17-16-5-10-3-13-14(23-7-22-13)4-12(10)18(20)21/h3-6H,7H2,1-2H3,(H,17,19)/b16-5-. The molecule has 0 fully saturated rings. The Kier molecular flexibility index (Phi) is 4.17. The Morgan fingerprint density at radius 3 is 2.71 bits per heavy atom. The van der Waals surface area contributed by atoms with Gasteiger partial charge in [-0.25, -0.2) is 5.43 Å². The van der Waals surface area contributed by atoms with Crippen LogP contribution in [-0.4, -0.2) is 23.8 Å². The molecule has 0 aliphatic carbocycles. The molecule has 0 saturated carbocycles. The van der Waals surface area contributed by atoms with E-state index in [2.05, 4.69) is 10.5 Å². The number of carbonyl (C=O) groups is 1. The summed E-state index contributed by atoms with van der Waals surface area (Å²) in [7, 11) is 0. The fourth-order valence-electron chi connectivity index (χ4n) is 2.17. The second kappa shape index (κ2) is 6.28. The van der Waals surface area contributed by atoms with E-state index in [0.29, 0.717) is 17.1 Å².